The van der Waals surface area contributed by atoms with Crippen LogP contribution >= 0.6 is 11.6 Å². The van der Waals surface area contributed by atoms with E-state index >= 15 is 0 Å². The largest absolute Gasteiger partial charge is 0.493 e. The highest BCUT2D eigenvalue weighted by Crippen LogP contribution is 2.32. The van der Waals surface area contributed by atoms with E-state index < -0.39 is 28.5 Å². The molecule has 186 valence electrons. The lowest BCUT2D eigenvalue weighted by Gasteiger charge is -2.27. The van der Waals surface area contributed by atoms with Crippen molar-refractivity contribution < 1.29 is 22.7 Å². The monoisotopic (exact) mass is 516 g/mol. The van der Waals surface area contributed by atoms with Crippen LogP contribution in [0.15, 0.2) is 65.6 Å². The molecule has 1 unspecified atom stereocenters. The fourth-order valence-corrected chi connectivity index (χ4v) is 5.27. The molecule has 0 saturated heterocycles. The van der Waals surface area contributed by atoms with E-state index in [2.05, 4.69) is 5.32 Å². The third-order valence-corrected chi connectivity index (χ3v) is 7.87. The van der Waals surface area contributed by atoms with E-state index in [4.69, 9.17) is 21.1 Å². The van der Waals surface area contributed by atoms with Crippen molar-refractivity contribution >= 4 is 33.2 Å². The Bertz CT molecular complexity index is 1310. The minimum absolute atomic E-state index is 0.0863. The molecule has 35 heavy (non-hydrogen) atoms. The van der Waals surface area contributed by atoms with E-state index in [1.165, 1.54) is 19.2 Å². The molecule has 9 heteroatoms. The molecule has 0 aromatic heterocycles. The van der Waals surface area contributed by atoms with Gasteiger partial charge in [0.05, 0.1) is 30.8 Å². The fourth-order valence-electron chi connectivity index (χ4n) is 3.63. The number of amides is 1. The van der Waals surface area contributed by atoms with Crippen LogP contribution in [0.2, 0.25) is 5.02 Å². The van der Waals surface area contributed by atoms with Gasteiger partial charge >= 0.3 is 0 Å². The number of rotatable bonds is 9. The molecule has 3 rings (SSSR count). The van der Waals surface area contributed by atoms with E-state index in [0.717, 1.165) is 15.4 Å². The first-order chi connectivity index (χ1) is 16.6. The zero-order valence-corrected chi connectivity index (χ0v) is 21.9. The van der Waals surface area contributed by atoms with Crippen LogP contribution in [0.3, 0.4) is 0 Å². The van der Waals surface area contributed by atoms with Gasteiger partial charge in [0.2, 0.25) is 5.91 Å². The van der Waals surface area contributed by atoms with Crippen molar-refractivity contribution in [2.75, 3.05) is 25.1 Å². The number of hydrogen-bond donors (Lipinski definition) is 1. The predicted octanol–water partition coefficient (Wildman–Crippen LogP) is 5.05. The summed E-state index contributed by atoms with van der Waals surface area (Å²) >= 11 is 6.28. The molecule has 0 saturated carbocycles. The highest BCUT2D eigenvalue weighted by Gasteiger charge is 2.29. The number of carbonyl (C=O) groups excluding carboxylic acids is 1. The molecule has 0 fully saturated rings. The van der Waals surface area contributed by atoms with Crippen LogP contribution in [-0.4, -0.2) is 35.1 Å². The van der Waals surface area contributed by atoms with E-state index in [-0.39, 0.29) is 4.90 Å². The van der Waals surface area contributed by atoms with Gasteiger partial charge in [0, 0.05) is 5.02 Å². The van der Waals surface area contributed by atoms with Crippen LogP contribution in [0.5, 0.6) is 11.5 Å². The molecule has 1 N–H and O–H groups in total. The van der Waals surface area contributed by atoms with Gasteiger partial charge in [0.25, 0.3) is 10.0 Å². The van der Waals surface area contributed by atoms with Crippen molar-refractivity contribution in [1.82, 2.24) is 5.32 Å². The second-order valence-electron chi connectivity index (χ2n) is 8.11. The highest BCUT2D eigenvalue weighted by molar-refractivity contribution is 7.92. The lowest BCUT2D eigenvalue weighted by atomic mass is 10.1. The Hall–Kier alpha value is -3.23. The number of halogens is 1. The quantitative estimate of drug-likeness (QED) is 0.430. The smallest absolute Gasteiger partial charge is 0.264 e. The number of hydrogen-bond acceptors (Lipinski definition) is 5. The Balaban J connectivity index is 1.92. The SMILES string of the molecule is COc1ccc(C(C)NC(=O)CN(c2cccc(Cl)c2C)S(=O)(=O)c2ccc(C)cc2)cc1OC. The standard InChI is InChI=1S/C26H29ClN2O5S/c1-17-9-12-21(13-10-17)35(31,32)29(23-8-6-7-22(27)18(23)2)16-26(30)28-19(3)20-11-14-24(33-4)25(15-20)34-5/h6-15,19H,16H2,1-5H3,(H,28,30). The van der Waals surface area contributed by atoms with Crippen molar-refractivity contribution in [3.63, 3.8) is 0 Å². The lowest BCUT2D eigenvalue weighted by Crippen LogP contribution is -2.42. The van der Waals surface area contributed by atoms with Crippen LogP contribution in [0, 0.1) is 13.8 Å². The van der Waals surface area contributed by atoms with Crippen molar-refractivity contribution in [2.24, 2.45) is 0 Å². The first-order valence-electron chi connectivity index (χ1n) is 10.9. The average molecular weight is 517 g/mol. The van der Waals surface area contributed by atoms with Crippen LogP contribution in [-0.2, 0) is 14.8 Å². The minimum atomic E-state index is -4.05. The first-order valence-corrected chi connectivity index (χ1v) is 12.8. The van der Waals surface area contributed by atoms with Gasteiger partial charge in [-0.3, -0.25) is 9.10 Å². The molecule has 3 aromatic rings. The topological polar surface area (TPSA) is 84.9 Å². The van der Waals surface area contributed by atoms with Crippen LogP contribution < -0.4 is 19.1 Å². The van der Waals surface area contributed by atoms with Crippen LogP contribution in [0.1, 0.15) is 29.7 Å². The zero-order chi connectivity index (χ0) is 25.8. The highest BCUT2D eigenvalue weighted by atomic mass is 35.5. The first kappa shape index (κ1) is 26.4. The Kier molecular flexibility index (Phi) is 8.30. The van der Waals surface area contributed by atoms with Crippen molar-refractivity contribution in [1.29, 1.82) is 0 Å². The van der Waals surface area contributed by atoms with Gasteiger partial charge in [0.1, 0.15) is 6.54 Å². The summed E-state index contributed by atoms with van der Waals surface area (Å²) in [5.41, 5.74) is 2.61. The van der Waals surface area contributed by atoms with Crippen molar-refractivity contribution in [2.45, 2.75) is 31.7 Å². The number of carbonyl (C=O) groups is 1. The third kappa shape index (κ3) is 5.89. The van der Waals surface area contributed by atoms with E-state index in [1.807, 2.05) is 19.9 Å². The summed E-state index contributed by atoms with van der Waals surface area (Å²) in [5, 5.41) is 3.29. The van der Waals surface area contributed by atoms with Gasteiger partial charge < -0.3 is 14.8 Å². The van der Waals surface area contributed by atoms with Gasteiger partial charge in [-0.15, -0.1) is 0 Å². The van der Waals surface area contributed by atoms with Gasteiger partial charge in [0.15, 0.2) is 11.5 Å². The second kappa shape index (κ2) is 11.0. The Morgan fingerprint density at radius 2 is 1.66 bits per heavy atom. The number of methoxy groups -OCH3 is 2. The molecule has 0 aliphatic heterocycles. The predicted molar refractivity (Wildman–Crippen MR) is 138 cm³/mol. The molecule has 1 amide bonds. The number of aryl methyl sites for hydroxylation is 1. The van der Waals surface area contributed by atoms with Gasteiger partial charge in [-0.25, -0.2) is 8.42 Å². The van der Waals surface area contributed by atoms with Gasteiger partial charge in [-0.2, -0.15) is 0 Å². The third-order valence-electron chi connectivity index (χ3n) is 5.69. The molecule has 0 bridgehead atoms. The molecule has 0 aliphatic carbocycles. The van der Waals surface area contributed by atoms with E-state index in [9.17, 15) is 13.2 Å². The molecule has 1 atom stereocenters. The van der Waals surface area contributed by atoms with Crippen LogP contribution in [0.25, 0.3) is 0 Å². The molecule has 0 heterocycles. The Morgan fingerprint density at radius 3 is 2.29 bits per heavy atom. The number of ether oxygens (including phenoxy) is 2. The Labute approximate surface area is 211 Å². The van der Waals surface area contributed by atoms with E-state index in [0.29, 0.717) is 27.8 Å². The number of benzene rings is 3. The number of nitrogens with zero attached hydrogens (tertiary/aromatic N) is 1. The molecule has 0 aliphatic rings. The number of anilines is 1. The maximum absolute atomic E-state index is 13.6. The second-order valence-corrected chi connectivity index (χ2v) is 10.4. The summed E-state index contributed by atoms with van der Waals surface area (Å²) in [7, 11) is -0.969. The number of nitrogens with one attached hydrogen (secondary N) is 1. The molecule has 0 spiro atoms. The summed E-state index contributed by atoms with van der Waals surface area (Å²) in [6, 6.07) is 16.4. The lowest BCUT2D eigenvalue weighted by molar-refractivity contribution is -0.120. The fraction of sp³-hybridized carbons (Fsp3) is 0.269. The maximum atomic E-state index is 13.6. The molecule has 3 aromatic carbocycles. The van der Waals surface area contributed by atoms with Gasteiger partial charge in [-0.1, -0.05) is 41.4 Å². The van der Waals surface area contributed by atoms with Gasteiger partial charge in [-0.05, 0) is 68.3 Å². The normalized spacial score (nSPS) is 12.1. The average Bonchev–Trinajstić information content (AvgIpc) is 2.84. The summed E-state index contributed by atoms with van der Waals surface area (Å²) in [6.45, 7) is 4.98. The summed E-state index contributed by atoms with van der Waals surface area (Å²) < 4.78 is 39.0. The summed E-state index contributed by atoms with van der Waals surface area (Å²) in [4.78, 5) is 13.2. The van der Waals surface area contributed by atoms with Crippen LogP contribution in [0.4, 0.5) is 5.69 Å². The summed E-state index contributed by atoms with van der Waals surface area (Å²) in [5.74, 6) is 0.633. The molecular formula is C26H29ClN2O5S. The zero-order valence-electron chi connectivity index (χ0n) is 20.3. The minimum Gasteiger partial charge on any atom is -0.493 e. The van der Waals surface area contributed by atoms with E-state index in [1.54, 1.807) is 56.5 Å². The molecular weight excluding hydrogens is 488 g/mol. The number of sulfonamides is 1. The van der Waals surface area contributed by atoms with Crippen molar-refractivity contribution in [3.8, 4) is 11.5 Å². The van der Waals surface area contributed by atoms with Crippen molar-refractivity contribution in [3.05, 3.63) is 82.4 Å². The Morgan fingerprint density at radius 1 is 1.00 bits per heavy atom. The summed E-state index contributed by atoms with van der Waals surface area (Å²) in [6.07, 6.45) is 0. The molecule has 7 nitrogen and oxygen atoms in total. The maximum Gasteiger partial charge on any atom is 0.264 e. The molecule has 0 radical (unpaired) electrons.